The molecule has 0 bridgehead atoms. The average Bonchev–Trinajstić information content (AvgIpc) is 2.29. The SMILES string of the molecule is CSc1ccc(C(=O)NC(C)C#N)cc1. The van der Waals surface area contributed by atoms with Crippen LogP contribution in [0.5, 0.6) is 0 Å². The van der Waals surface area contributed by atoms with Crippen molar-refractivity contribution in [1.82, 2.24) is 5.32 Å². The lowest BCUT2D eigenvalue weighted by atomic mass is 10.2. The smallest absolute Gasteiger partial charge is 0.252 e. The van der Waals surface area contributed by atoms with Crippen molar-refractivity contribution in [2.75, 3.05) is 6.26 Å². The van der Waals surface area contributed by atoms with Gasteiger partial charge in [-0.2, -0.15) is 5.26 Å². The third-order valence-corrected chi connectivity index (χ3v) is 2.64. The molecule has 0 aliphatic rings. The Morgan fingerprint density at radius 2 is 2.07 bits per heavy atom. The van der Waals surface area contributed by atoms with Crippen LogP contribution in [0.3, 0.4) is 0 Å². The molecule has 78 valence electrons. The third-order valence-electron chi connectivity index (χ3n) is 1.89. The second-order valence-corrected chi connectivity index (χ2v) is 3.93. The number of benzene rings is 1. The van der Waals surface area contributed by atoms with Gasteiger partial charge in [-0.15, -0.1) is 11.8 Å². The van der Waals surface area contributed by atoms with E-state index in [1.54, 1.807) is 30.8 Å². The van der Waals surface area contributed by atoms with Crippen LogP contribution in [0.4, 0.5) is 0 Å². The molecule has 0 aliphatic carbocycles. The zero-order valence-electron chi connectivity index (χ0n) is 8.65. The number of hydrogen-bond acceptors (Lipinski definition) is 3. The molecule has 0 radical (unpaired) electrons. The van der Waals surface area contributed by atoms with E-state index in [9.17, 15) is 4.79 Å². The minimum absolute atomic E-state index is 0.211. The van der Waals surface area contributed by atoms with Gasteiger partial charge in [0.1, 0.15) is 6.04 Å². The van der Waals surface area contributed by atoms with Crippen molar-refractivity contribution in [1.29, 1.82) is 5.26 Å². The van der Waals surface area contributed by atoms with Crippen LogP contribution < -0.4 is 5.32 Å². The minimum atomic E-state index is -0.460. The molecule has 1 aromatic carbocycles. The maximum Gasteiger partial charge on any atom is 0.252 e. The number of nitrogens with zero attached hydrogens (tertiary/aromatic N) is 1. The predicted octanol–water partition coefficient (Wildman–Crippen LogP) is 2.05. The number of rotatable bonds is 3. The largest absolute Gasteiger partial charge is 0.337 e. The molecule has 0 saturated heterocycles. The molecular formula is C11H12N2OS. The van der Waals surface area contributed by atoms with Gasteiger partial charge >= 0.3 is 0 Å². The molecule has 0 aliphatic heterocycles. The third kappa shape index (κ3) is 3.30. The van der Waals surface area contributed by atoms with Crippen LogP contribution in [0.2, 0.25) is 0 Å². The highest BCUT2D eigenvalue weighted by molar-refractivity contribution is 7.98. The van der Waals surface area contributed by atoms with Crippen LogP contribution in [0, 0.1) is 11.3 Å². The second kappa shape index (κ2) is 5.42. The quantitative estimate of drug-likeness (QED) is 0.793. The maximum atomic E-state index is 11.5. The summed E-state index contributed by atoms with van der Waals surface area (Å²) in [5.41, 5.74) is 0.579. The molecule has 1 N–H and O–H groups in total. The predicted molar refractivity (Wildman–Crippen MR) is 60.8 cm³/mol. The number of hydrogen-bond donors (Lipinski definition) is 1. The van der Waals surface area contributed by atoms with Crippen LogP contribution in [-0.2, 0) is 0 Å². The first kappa shape index (κ1) is 11.6. The van der Waals surface area contributed by atoms with Crippen molar-refractivity contribution >= 4 is 17.7 Å². The fourth-order valence-electron chi connectivity index (χ4n) is 1.05. The van der Waals surface area contributed by atoms with Crippen LogP contribution in [-0.4, -0.2) is 18.2 Å². The van der Waals surface area contributed by atoms with Gasteiger partial charge in [-0.1, -0.05) is 0 Å². The van der Waals surface area contributed by atoms with Crippen LogP contribution in [0.1, 0.15) is 17.3 Å². The van der Waals surface area contributed by atoms with Gasteiger partial charge in [-0.25, -0.2) is 0 Å². The van der Waals surface area contributed by atoms with Crippen molar-refractivity contribution in [3.63, 3.8) is 0 Å². The second-order valence-electron chi connectivity index (χ2n) is 3.05. The van der Waals surface area contributed by atoms with E-state index >= 15 is 0 Å². The fourth-order valence-corrected chi connectivity index (χ4v) is 1.46. The van der Waals surface area contributed by atoms with E-state index in [4.69, 9.17) is 5.26 Å². The number of nitrogens with one attached hydrogen (secondary N) is 1. The molecular weight excluding hydrogens is 208 g/mol. The summed E-state index contributed by atoms with van der Waals surface area (Å²) in [6, 6.07) is 8.77. The molecule has 0 spiro atoms. The van der Waals surface area contributed by atoms with E-state index in [0.717, 1.165) is 4.90 Å². The Kier molecular flexibility index (Phi) is 4.19. The van der Waals surface area contributed by atoms with E-state index in [1.807, 2.05) is 24.5 Å². The molecule has 1 aromatic rings. The van der Waals surface area contributed by atoms with E-state index in [1.165, 1.54) is 0 Å². The number of carbonyl (C=O) groups is 1. The lowest BCUT2D eigenvalue weighted by Gasteiger charge is -2.06. The molecule has 3 nitrogen and oxygen atoms in total. The Hall–Kier alpha value is -1.47. The number of amides is 1. The van der Waals surface area contributed by atoms with E-state index < -0.39 is 6.04 Å². The van der Waals surface area contributed by atoms with Gasteiger partial charge in [0.15, 0.2) is 0 Å². The molecule has 0 heterocycles. The number of thioether (sulfide) groups is 1. The molecule has 4 heteroatoms. The van der Waals surface area contributed by atoms with E-state index in [-0.39, 0.29) is 5.91 Å². The lowest BCUT2D eigenvalue weighted by molar-refractivity contribution is 0.0948. The zero-order chi connectivity index (χ0) is 11.3. The van der Waals surface area contributed by atoms with Gasteiger partial charge in [0.05, 0.1) is 6.07 Å². The highest BCUT2D eigenvalue weighted by Gasteiger charge is 2.08. The molecule has 1 unspecified atom stereocenters. The highest BCUT2D eigenvalue weighted by Crippen LogP contribution is 2.14. The maximum absolute atomic E-state index is 11.5. The fraction of sp³-hybridized carbons (Fsp3) is 0.273. The van der Waals surface area contributed by atoms with Gasteiger partial charge < -0.3 is 5.32 Å². The highest BCUT2D eigenvalue weighted by atomic mass is 32.2. The van der Waals surface area contributed by atoms with Crippen molar-refractivity contribution in [3.05, 3.63) is 29.8 Å². The molecule has 1 atom stereocenters. The summed E-state index contributed by atoms with van der Waals surface area (Å²) in [5.74, 6) is -0.211. The van der Waals surface area contributed by atoms with Crippen molar-refractivity contribution in [2.24, 2.45) is 0 Å². The Morgan fingerprint density at radius 1 is 1.47 bits per heavy atom. The topological polar surface area (TPSA) is 52.9 Å². The van der Waals surface area contributed by atoms with Gasteiger partial charge in [-0.3, -0.25) is 4.79 Å². The summed E-state index contributed by atoms with van der Waals surface area (Å²) in [4.78, 5) is 12.7. The Bertz CT molecular complexity index is 381. The summed E-state index contributed by atoms with van der Waals surface area (Å²) in [6.07, 6.45) is 1.98. The van der Waals surface area contributed by atoms with Crippen LogP contribution >= 0.6 is 11.8 Å². The summed E-state index contributed by atoms with van der Waals surface area (Å²) < 4.78 is 0. The number of carbonyl (C=O) groups excluding carboxylic acids is 1. The lowest BCUT2D eigenvalue weighted by Crippen LogP contribution is -2.31. The summed E-state index contributed by atoms with van der Waals surface area (Å²) >= 11 is 1.62. The molecule has 0 aromatic heterocycles. The van der Waals surface area contributed by atoms with E-state index in [2.05, 4.69) is 5.32 Å². The first-order chi connectivity index (χ1) is 7.17. The normalized spacial score (nSPS) is 11.5. The van der Waals surface area contributed by atoms with Gasteiger partial charge in [0, 0.05) is 10.5 Å². The number of nitriles is 1. The van der Waals surface area contributed by atoms with Gasteiger partial charge in [0.2, 0.25) is 0 Å². The molecule has 1 amide bonds. The Labute approximate surface area is 93.5 Å². The van der Waals surface area contributed by atoms with Crippen molar-refractivity contribution in [3.8, 4) is 6.07 Å². The summed E-state index contributed by atoms with van der Waals surface area (Å²) in [7, 11) is 0. The van der Waals surface area contributed by atoms with Gasteiger partial charge in [-0.05, 0) is 37.4 Å². The standard InChI is InChI=1S/C11H12N2OS/c1-8(7-12)13-11(14)9-3-5-10(15-2)6-4-9/h3-6,8H,1-2H3,(H,13,14). The summed E-state index contributed by atoms with van der Waals surface area (Å²) in [6.45, 7) is 1.65. The van der Waals surface area contributed by atoms with Crippen LogP contribution in [0.15, 0.2) is 29.2 Å². The molecule has 15 heavy (non-hydrogen) atoms. The first-order valence-electron chi connectivity index (χ1n) is 4.52. The monoisotopic (exact) mass is 220 g/mol. The zero-order valence-corrected chi connectivity index (χ0v) is 9.47. The summed E-state index contributed by atoms with van der Waals surface area (Å²) in [5, 5.41) is 11.1. The minimum Gasteiger partial charge on any atom is -0.337 e. The van der Waals surface area contributed by atoms with Crippen molar-refractivity contribution in [2.45, 2.75) is 17.9 Å². The van der Waals surface area contributed by atoms with Crippen molar-refractivity contribution < 1.29 is 4.79 Å². The molecule has 1 rings (SSSR count). The average molecular weight is 220 g/mol. The van der Waals surface area contributed by atoms with Gasteiger partial charge in [0.25, 0.3) is 5.91 Å². The first-order valence-corrected chi connectivity index (χ1v) is 5.74. The Balaban J connectivity index is 2.71. The van der Waals surface area contributed by atoms with Crippen LogP contribution in [0.25, 0.3) is 0 Å². The molecule has 0 saturated carbocycles. The molecule has 0 fully saturated rings. The van der Waals surface area contributed by atoms with E-state index in [0.29, 0.717) is 5.56 Å². The Morgan fingerprint density at radius 3 is 2.53 bits per heavy atom.